The monoisotopic (exact) mass is 407 g/mol. The first-order valence-electron chi connectivity index (χ1n) is 8.42. The molecule has 2 saturated heterocycles. The lowest BCUT2D eigenvalue weighted by Gasteiger charge is -2.29. The summed E-state index contributed by atoms with van der Waals surface area (Å²) in [7, 11) is 1.45. The number of halogens is 1. The highest BCUT2D eigenvalue weighted by Gasteiger charge is 2.38. The van der Waals surface area contributed by atoms with Crippen LogP contribution in [0.3, 0.4) is 0 Å². The molecule has 0 spiro atoms. The zero-order valence-electron chi connectivity index (χ0n) is 14.7. The van der Waals surface area contributed by atoms with Crippen molar-refractivity contribution in [3.05, 3.63) is 45.3 Å². The summed E-state index contributed by atoms with van der Waals surface area (Å²) in [5.74, 6) is -0.981. The van der Waals surface area contributed by atoms with E-state index in [9.17, 15) is 19.2 Å². The SMILES string of the molecule is CNC(=O)CN1C(=O)SC(=C2CCN(C(=O)c3ccccc3Cl)CC2)C1=O. The van der Waals surface area contributed by atoms with Crippen LogP contribution in [-0.4, -0.2) is 59.4 Å². The van der Waals surface area contributed by atoms with E-state index in [0.29, 0.717) is 41.4 Å². The number of imide groups is 1. The fourth-order valence-electron chi connectivity index (χ4n) is 2.99. The van der Waals surface area contributed by atoms with Gasteiger partial charge in [0.1, 0.15) is 6.54 Å². The first-order valence-corrected chi connectivity index (χ1v) is 9.62. The number of amides is 4. The van der Waals surface area contributed by atoms with Gasteiger partial charge in [0.2, 0.25) is 5.91 Å². The summed E-state index contributed by atoms with van der Waals surface area (Å²) >= 11 is 6.96. The number of thioether (sulfide) groups is 1. The van der Waals surface area contributed by atoms with Crippen LogP contribution in [0.4, 0.5) is 4.79 Å². The molecule has 0 atom stereocenters. The number of carbonyl (C=O) groups is 4. The molecule has 1 aromatic rings. The van der Waals surface area contributed by atoms with E-state index < -0.39 is 17.1 Å². The largest absolute Gasteiger partial charge is 0.358 e. The van der Waals surface area contributed by atoms with Crippen molar-refractivity contribution in [2.45, 2.75) is 12.8 Å². The number of piperidine rings is 1. The minimum absolute atomic E-state index is 0.146. The molecule has 4 amide bonds. The Labute approximate surface area is 165 Å². The molecule has 0 radical (unpaired) electrons. The second kappa shape index (κ2) is 8.14. The Kier molecular flexibility index (Phi) is 5.86. The first-order chi connectivity index (χ1) is 12.9. The van der Waals surface area contributed by atoms with Gasteiger partial charge in [-0.2, -0.15) is 0 Å². The summed E-state index contributed by atoms with van der Waals surface area (Å²) in [4.78, 5) is 51.7. The number of hydrogen-bond acceptors (Lipinski definition) is 5. The van der Waals surface area contributed by atoms with Crippen LogP contribution in [0.5, 0.6) is 0 Å². The third-order valence-electron chi connectivity index (χ3n) is 4.51. The fourth-order valence-corrected chi connectivity index (χ4v) is 4.18. The second-order valence-corrected chi connectivity index (χ2v) is 7.51. The van der Waals surface area contributed by atoms with Gasteiger partial charge >= 0.3 is 0 Å². The van der Waals surface area contributed by atoms with E-state index in [1.165, 1.54) is 7.05 Å². The van der Waals surface area contributed by atoms with Crippen LogP contribution in [0.2, 0.25) is 5.02 Å². The maximum Gasteiger partial charge on any atom is 0.294 e. The summed E-state index contributed by atoms with van der Waals surface area (Å²) in [6.45, 7) is 0.607. The Hall–Kier alpha value is -2.32. The summed E-state index contributed by atoms with van der Waals surface area (Å²) in [5, 5.41) is 2.36. The van der Waals surface area contributed by atoms with Crippen molar-refractivity contribution >= 4 is 46.3 Å². The number of nitrogens with one attached hydrogen (secondary N) is 1. The molecule has 2 aliphatic rings. The normalized spacial score (nSPS) is 17.6. The van der Waals surface area contributed by atoms with Gasteiger partial charge in [0.15, 0.2) is 0 Å². The number of rotatable bonds is 3. The molecule has 2 heterocycles. The van der Waals surface area contributed by atoms with Gasteiger partial charge in [-0.05, 0) is 42.3 Å². The number of nitrogens with zero attached hydrogens (tertiary/aromatic N) is 2. The highest BCUT2D eigenvalue weighted by Crippen LogP contribution is 2.36. The molecule has 9 heteroatoms. The minimum atomic E-state index is -0.444. The summed E-state index contributed by atoms with van der Waals surface area (Å²) in [6.07, 6.45) is 1.01. The van der Waals surface area contributed by atoms with Gasteiger partial charge in [-0.15, -0.1) is 0 Å². The van der Waals surface area contributed by atoms with Crippen LogP contribution < -0.4 is 5.32 Å². The van der Waals surface area contributed by atoms with Crippen LogP contribution in [0.1, 0.15) is 23.2 Å². The lowest BCUT2D eigenvalue weighted by molar-refractivity contribution is -0.129. The van der Waals surface area contributed by atoms with Crippen LogP contribution in [0.25, 0.3) is 0 Å². The Morgan fingerprint density at radius 3 is 2.48 bits per heavy atom. The smallest absolute Gasteiger partial charge is 0.294 e. The second-order valence-electron chi connectivity index (χ2n) is 6.14. The van der Waals surface area contributed by atoms with E-state index in [1.807, 2.05) is 0 Å². The molecule has 0 aromatic heterocycles. The minimum Gasteiger partial charge on any atom is -0.358 e. The molecular weight excluding hydrogens is 390 g/mol. The molecule has 142 valence electrons. The van der Waals surface area contributed by atoms with E-state index in [2.05, 4.69) is 5.32 Å². The quantitative estimate of drug-likeness (QED) is 0.777. The number of benzene rings is 1. The predicted molar refractivity (Wildman–Crippen MR) is 102 cm³/mol. The van der Waals surface area contributed by atoms with Crippen molar-refractivity contribution in [3.8, 4) is 0 Å². The van der Waals surface area contributed by atoms with Crippen molar-refractivity contribution < 1.29 is 19.2 Å². The Bertz CT molecular complexity index is 845. The zero-order chi connectivity index (χ0) is 19.6. The molecule has 7 nitrogen and oxygen atoms in total. The maximum atomic E-state index is 12.6. The summed E-state index contributed by atoms with van der Waals surface area (Å²) < 4.78 is 0. The van der Waals surface area contributed by atoms with Crippen LogP contribution in [0, 0.1) is 0 Å². The Morgan fingerprint density at radius 1 is 1.19 bits per heavy atom. The zero-order valence-corrected chi connectivity index (χ0v) is 16.2. The van der Waals surface area contributed by atoms with Gasteiger partial charge in [0.25, 0.3) is 17.1 Å². The van der Waals surface area contributed by atoms with Gasteiger partial charge in [0.05, 0.1) is 15.5 Å². The van der Waals surface area contributed by atoms with E-state index in [1.54, 1.807) is 29.2 Å². The number of likely N-dealkylation sites (N-methyl/N-ethyl adjacent to an activating group) is 1. The maximum absolute atomic E-state index is 12.6. The van der Waals surface area contributed by atoms with Crippen molar-refractivity contribution in [1.82, 2.24) is 15.1 Å². The van der Waals surface area contributed by atoms with E-state index in [4.69, 9.17) is 11.6 Å². The Balaban J connectivity index is 1.69. The third-order valence-corrected chi connectivity index (χ3v) is 5.90. The average molecular weight is 408 g/mol. The predicted octanol–water partition coefficient (Wildman–Crippen LogP) is 2.27. The van der Waals surface area contributed by atoms with Gasteiger partial charge in [-0.1, -0.05) is 23.7 Å². The van der Waals surface area contributed by atoms with Crippen LogP contribution in [-0.2, 0) is 9.59 Å². The van der Waals surface area contributed by atoms with Gasteiger partial charge in [-0.25, -0.2) is 0 Å². The molecule has 3 rings (SSSR count). The standard InChI is InChI=1S/C18H18ClN3O4S/c1-20-14(23)10-22-17(25)15(27-18(22)26)11-6-8-21(9-7-11)16(24)12-4-2-3-5-13(12)19/h2-5H,6-10H2,1H3,(H,20,23). The fraction of sp³-hybridized carbons (Fsp3) is 0.333. The Morgan fingerprint density at radius 2 is 1.85 bits per heavy atom. The molecule has 0 unspecified atom stereocenters. The summed E-state index contributed by atoms with van der Waals surface area (Å²) in [6, 6.07) is 6.89. The number of carbonyl (C=O) groups excluding carboxylic acids is 4. The van der Waals surface area contributed by atoms with Gasteiger partial charge in [0, 0.05) is 20.1 Å². The highest BCUT2D eigenvalue weighted by molar-refractivity contribution is 8.18. The van der Waals surface area contributed by atoms with Gasteiger partial charge < -0.3 is 10.2 Å². The lowest BCUT2D eigenvalue weighted by Crippen LogP contribution is -2.39. The third kappa shape index (κ3) is 4.01. The molecule has 0 bridgehead atoms. The molecular formula is C18H18ClN3O4S. The number of hydrogen-bond donors (Lipinski definition) is 1. The molecule has 0 saturated carbocycles. The van der Waals surface area contributed by atoms with Crippen molar-refractivity contribution in [1.29, 1.82) is 0 Å². The van der Waals surface area contributed by atoms with Crippen LogP contribution >= 0.6 is 23.4 Å². The van der Waals surface area contributed by atoms with E-state index >= 15 is 0 Å². The molecule has 2 fully saturated rings. The summed E-state index contributed by atoms with van der Waals surface area (Å²) in [5.41, 5.74) is 1.30. The van der Waals surface area contributed by atoms with Crippen molar-refractivity contribution in [3.63, 3.8) is 0 Å². The molecule has 1 aromatic carbocycles. The molecule has 2 aliphatic heterocycles. The van der Waals surface area contributed by atoms with Gasteiger partial charge in [-0.3, -0.25) is 24.1 Å². The topological polar surface area (TPSA) is 86.8 Å². The van der Waals surface area contributed by atoms with Crippen molar-refractivity contribution in [2.24, 2.45) is 0 Å². The first kappa shape index (κ1) is 19.4. The molecule has 0 aliphatic carbocycles. The van der Waals surface area contributed by atoms with Crippen molar-refractivity contribution in [2.75, 3.05) is 26.7 Å². The average Bonchev–Trinajstić information content (AvgIpc) is 2.96. The van der Waals surface area contributed by atoms with E-state index in [-0.39, 0.29) is 12.5 Å². The molecule has 1 N–H and O–H groups in total. The van der Waals surface area contributed by atoms with E-state index in [0.717, 1.165) is 22.2 Å². The van der Waals surface area contributed by atoms with Crippen LogP contribution in [0.15, 0.2) is 34.7 Å². The lowest BCUT2D eigenvalue weighted by atomic mass is 10.0. The highest BCUT2D eigenvalue weighted by atomic mass is 35.5. The molecule has 27 heavy (non-hydrogen) atoms. The number of likely N-dealkylation sites (tertiary alicyclic amines) is 1.